The van der Waals surface area contributed by atoms with Crippen LogP contribution in [0.1, 0.15) is 12.8 Å². The number of allylic oxidation sites excluding steroid dienone is 2. The van der Waals surface area contributed by atoms with Crippen molar-refractivity contribution >= 4 is 11.6 Å². The van der Waals surface area contributed by atoms with Gasteiger partial charge in [0.2, 0.25) is 5.91 Å². The maximum absolute atomic E-state index is 12.5. The molecular formula is C18H17N3O2. The molecule has 1 saturated carbocycles. The van der Waals surface area contributed by atoms with Crippen molar-refractivity contribution < 1.29 is 4.79 Å². The third-order valence-corrected chi connectivity index (χ3v) is 4.72. The van der Waals surface area contributed by atoms with Gasteiger partial charge in [0.05, 0.1) is 5.69 Å². The van der Waals surface area contributed by atoms with Gasteiger partial charge >= 0.3 is 0 Å². The number of nitrogens with one attached hydrogen (secondary N) is 2. The van der Waals surface area contributed by atoms with E-state index in [9.17, 15) is 9.59 Å². The molecule has 5 nitrogen and oxygen atoms in total. The van der Waals surface area contributed by atoms with Gasteiger partial charge in [0.15, 0.2) is 0 Å². The zero-order valence-corrected chi connectivity index (χ0v) is 12.5. The molecule has 116 valence electrons. The van der Waals surface area contributed by atoms with Crippen LogP contribution in [0, 0.1) is 17.8 Å². The van der Waals surface area contributed by atoms with E-state index in [4.69, 9.17) is 0 Å². The van der Waals surface area contributed by atoms with Crippen LogP contribution in [0.2, 0.25) is 0 Å². The second-order valence-corrected chi connectivity index (χ2v) is 6.26. The first kappa shape index (κ1) is 13.9. The first-order chi connectivity index (χ1) is 11.2. The van der Waals surface area contributed by atoms with Crippen LogP contribution in [-0.2, 0) is 4.79 Å². The SMILES string of the molecule is O=C(Nc1cccc(-c2ccc(=O)[nH]n2)c1)C1CC2C=CC1C2. The van der Waals surface area contributed by atoms with E-state index >= 15 is 0 Å². The van der Waals surface area contributed by atoms with Gasteiger partial charge in [0.1, 0.15) is 0 Å². The molecule has 2 bridgehead atoms. The fourth-order valence-electron chi connectivity index (χ4n) is 3.58. The maximum atomic E-state index is 12.5. The molecule has 1 heterocycles. The molecule has 2 aromatic rings. The molecule has 1 aromatic heterocycles. The van der Waals surface area contributed by atoms with Crippen molar-refractivity contribution in [2.45, 2.75) is 12.8 Å². The fraction of sp³-hybridized carbons (Fsp3) is 0.278. The van der Waals surface area contributed by atoms with Gasteiger partial charge in [-0.15, -0.1) is 0 Å². The van der Waals surface area contributed by atoms with Crippen molar-refractivity contribution in [3.8, 4) is 11.3 Å². The lowest BCUT2D eigenvalue weighted by Crippen LogP contribution is -2.25. The zero-order valence-electron chi connectivity index (χ0n) is 12.5. The summed E-state index contributed by atoms with van der Waals surface area (Å²) in [4.78, 5) is 23.6. The predicted octanol–water partition coefficient (Wildman–Crippen LogP) is 2.59. The first-order valence-corrected chi connectivity index (χ1v) is 7.84. The van der Waals surface area contributed by atoms with Gasteiger partial charge in [-0.3, -0.25) is 9.59 Å². The van der Waals surface area contributed by atoms with E-state index < -0.39 is 0 Å². The summed E-state index contributed by atoms with van der Waals surface area (Å²) >= 11 is 0. The van der Waals surface area contributed by atoms with Crippen LogP contribution in [-0.4, -0.2) is 16.1 Å². The van der Waals surface area contributed by atoms with Crippen LogP contribution in [0.25, 0.3) is 11.3 Å². The molecule has 0 spiro atoms. The van der Waals surface area contributed by atoms with Gasteiger partial charge in [-0.2, -0.15) is 5.10 Å². The third kappa shape index (κ3) is 2.70. The van der Waals surface area contributed by atoms with E-state index in [2.05, 4.69) is 27.7 Å². The van der Waals surface area contributed by atoms with E-state index in [0.29, 0.717) is 17.5 Å². The summed E-state index contributed by atoms with van der Waals surface area (Å²) in [6.07, 6.45) is 6.48. The molecule has 0 saturated heterocycles. The molecule has 1 aromatic carbocycles. The van der Waals surface area contributed by atoms with E-state index in [-0.39, 0.29) is 17.4 Å². The summed E-state index contributed by atoms with van der Waals surface area (Å²) in [5.74, 6) is 1.14. The number of rotatable bonds is 3. The Bertz CT molecular complexity index is 820. The average molecular weight is 307 g/mol. The van der Waals surface area contributed by atoms with Gasteiger partial charge in [0, 0.05) is 23.2 Å². The number of nitrogens with zero attached hydrogens (tertiary/aromatic N) is 1. The summed E-state index contributed by atoms with van der Waals surface area (Å²) in [6, 6.07) is 10.6. The molecule has 2 N–H and O–H groups in total. The lowest BCUT2D eigenvalue weighted by Gasteiger charge is -2.17. The lowest BCUT2D eigenvalue weighted by atomic mass is 9.93. The normalized spacial score (nSPS) is 24.8. The highest BCUT2D eigenvalue weighted by atomic mass is 16.2. The quantitative estimate of drug-likeness (QED) is 0.856. The number of carbonyl (C=O) groups excluding carboxylic acids is 1. The summed E-state index contributed by atoms with van der Waals surface area (Å²) in [5, 5.41) is 9.46. The molecule has 3 atom stereocenters. The highest BCUT2D eigenvalue weighted by Gasteiger charge is 2.39. The van der Waals surface area contributed by atoms with E-state index in [1.54, 1.807) is 6.07 Å². The number of hydrogen-bond donors (Lipinski definition) is 2. The van der Waals surface area contributed by atoms with Crippen molar-refractivity contribution in [2.24, 2.45) is 17.8 Å². The van der Waals surface area contributed by atoms with Crippen molar-refractivity contribution in [1.82, 2.24) is 10.2 Å². The Kier molecular flexibility index (Phi) is 3.33. The standard InChI is InChI=1S/C18H17N3O2/c22-17-7-6-16(20-21-17)13-2-1-3-14(10-13)19-18(23)15-9-11-4-5-12(15)8-11/h1-7,10-12,15H,8-9H2,(H,19,23)(H,21,22). The number of aromatic amines is 1. The number of carbonyl (C=O) groups is 1. The van der Waals surface area contributed by atoms with Gasteiger partial charge in [0.25, 0.3) is 5.56 Å². The highest BCUT2D eigenvalue weighted by molar-refractivity contribution is 5.93. The van der Waals surface area contributed by atoms with Crippen molar-refractivity contribution in [1.29, 1.82) is 0 Å². The van der Waals surface area contributed by atoms with Crippen molar-refractivity contribution in [3.63, 3.8) is 0 Å². The number of aromatic nitrogens is 2. The molecule has 5 heteroatoms. The second kappa shape index (κ2) is 5.50. The van der Waals surface area contributed by atoms with Gasteiger partial charge in [-0.05, 0) is 42.9 Å². The molecule has 0 aliphatic heterocycles. The van der Waals surface area contributed by atoms with Gasteiger partial charge in [-0.1, -0.05) is 24.3 Å². The number of amides is 1. The number of H-pyrrole nitrogens is 1. The van der Waals surface area contributed by atoms with E-state index in [1.165, 1.54) is 6.07 Å². The van der Waals surface area contributed by atoms with Crippen LogP contribution in [0.15, 0.2) is 53.3 Å². The Morgan fingerprint density at radius 3 is 2.78 bits per heavy atom. The number of fused-ring (bicyclic) bond motifs is 2. The summed E-state index contributed by atoms with van der Waals surface area (Å²) < 4.78 is 0. The summed E-state index contributed by atoms with van der Waals surface area (Å²) in [5.41, 5.74) is 2.05. The number of hydrogen-bond acceptors (Lipinski definition) is 3. The Labute approximate surface area is 133 Å². The van der Waals surface area contributed by atoms with Gasteiger partial charge in [-0.25, -0.2) is 5.10 Å². The molecule has 23 heavy (non-hydrogen) atoms. The Morgan fingerprint density at radius 1 is 1.17 bits per heavy atom. The smallest absolute Gasteiger partial charge is 0.264 e. The monoisotopic (exact) mass is 307 g/mol. The summed E-state index contributed by atoms with van der Waals surface area (Å²) in [7, 11) is 0. The third-order valence-electron chi connectivity index (χ3n) is 4.72. The lowest BCUT2D eigenvalue weighted by molar-refractivity contribution is -0.120. The maximum Gasteiger partial charge on any atom is 0.264 e. The van der Waals surface area contributed by atoms with Crippen LogP contribution < -0.4 is 10.9 Å². The minimum atomic E-state index is -0.234. The van der Waals surface area contributed by atoms with E-state index in [0.717, 1.165) is 24.1 Å². The fourth-order valence-corrected chi connectivity index (χ4v) is 3.58. The molecular weight excluding hydrogens is 290 g/mol. The molecule has 0 radical (unpaired) electrons. The Balaban J connectivity index is 1.52. The molecule has 2 aliphatic rings. The van der Waals surface area contributed by atoms with Crippen LogP contribution in [0.3, 0.4) is 0 Å². The minimum absolute atomic E-state index is 0.0832. The van der Waals surface area contributed by atoms with Crippen LogP contribution in [0.4, 0.5) is 5.69 Å². The molecule has 4 rings (SSSR count). The van der Waals surface area contributed by atoms with Crippen molar-refractivity contribution in [2.75, 3.05) is 5.32 Å². The van der Waals surface area contributed by atoms with Gasteiger partial charge < -0.3 is 5.32 Å². The molecule has 1 fully saturated rings. The van der Waals surface area contributed by atoms with Crippen molar-refractivity contribution in [3.05, 3.63) is 58.9 Å². The minimum Gasteiger partial charge on any atom is -0.326 e. The van der Waals surface area contributed by atoms with Crippen LogP contribution >= 0.6 is 0 Å². The zero-order chi connectivity index (χ0) is 15.8. The largest absolute Gasteiger partial charge is 0.326 e. The second-order valence-electron chi connectivity index (χ2n) is 6.26. The highest BCUT2D eigenvalue weighted by Crippen LogP contribution is 2.43. The molecule has 1 amide bonds. The molecule has 3 unspecified atom stereocenters. The average Bonchev–Trinajstić information content (AvgIpc) is 3.19. The van der Waals surface area contributed by atoms with E-state index in [1.807, 2.05) is 24.3 Å². The topological polar surface area (TPSA) is 74.8 Å². The predicted molar refractivity (Wildman–Crippen MR) is 87.8 cm³/mol. The molecule has 2 aliphatic carbocycles. The number of benzene rings is 1. The Hall–Kier alpha value is -2.69. The van der Waals surface area contributed by atoms with Crippen LogP contribution in [0.5, 0.6) is 0 Å². The Morgan fingerprint density at radius 2 is 2.09 bits per heavy atom. The summed E-state index contributed by atoms with van der Waals surface area (Å²) in [6.45, 7) is 0. The number of anilines is 1. The first-order valence-electron chi connectivity index (χ1n) is 7.84.